The SMILES string of the molecule is O=C(NCc1cc2ccccc2[nH]c1=O)C1CC(=O)N(C2CCCCC2)C1. The van der Waals surface area contributed by atoms with E-state index in [-0.39, 0.29) is 36.3 Å². The Labute approximate surface area is 157 Å². The van der Waals surface area contributed by atoms with E-state index in [1.165, 1.54) is 6.42 Å². The number of para-hydroxylation sites is 1. The van der Waals surface area contributed by atoms with Gasteiger partial charge in [-0.2, -0.15) is 0 Å². The van der Waals surface area contributed by atoms with Gasteiger partial charge >= 0.3 is 0 Å². The lowest BCUT2D eigenvalue weighted by Gasteiger charge is -2.31. The molecule has 0 bridgehead atoms. The summed E-state index contributed by atoms with van der Waals surface area (Å²) in [6, 6.07) is 9.66. The second-order valence-electron chi connectivity index (χ2n) is 7.67. The van der Waals surface area contributed by atoms with Crippen molar-refractivity contribution in [2.45, 2.75) is 51.1 Å². The van der Waals surface area contributed by atoms with Crippen LogP contribution in [0.3, 0.4) is 0 Å². The monoisotopic (exact) mass is 367 g/mol. The molecule has 1 aliphatic heterocycles. The molecule has 1 unspecified atom stereocenters. The minimum atomic E-state index is -0.320. The van der Waals surface area contributed by atoms with Crippen molar-refractivity contribution in [1.29, 1.82) is 0 Å². The first kappa shape index (κ1) is 17.8. The zero-order valence-corrected chi connectivity index (χ0v) is 15.4. The normalized spacial score (nSPS) is 21.0. The lowest BCUT2D eigenvalue weighted by Crippen LogP contribution is -2.39. The van der Waals surface area contributed by atoms with Crippen molar-refractivity contribution in [3.05, 3.63) is 46.2 Å². The Balaban J connectivity index is 1.39. The first-order chi connectivity index (χ1) is 13.1. The number of benzene rings is 1. The zero-order chi connectivity index (χ0) is 18.8. The molecule has 1 aliphatic carbocycles. The molecule has 2 heterocycles. The smallest absolute Gasteiger partial charge is 0.253 e. The molecule has 142 valence electrons. The van der Waals surface area contributed by atoms with Crippen LogP contribution in [-0.2, 0) is 16.1 Å². The number of hydrogen-bond acceptors (Lipinski definition) is 3. The molecule has 1 aromatic carbocycles. The van der Waals surface area contributed by atoms with Crippen molar-refractivity contribution >= 4 is 22.7 Å². The Kier molecular flexibility index (Phi) is 4.97. The fraction of sp³-hybridized carbons (Fsp3) is 0.476. The van der Waals surface area contributed by atoms with Gasteiger partial charge in [0, 0.05) is 36.6 Å². The van der Waals surface area contributed by atoms with Crippen LogP contribution in [0.1, 0.15) is 44.1 Å². The average Bonchev–Trinajstić information content (AvgIpc) is 3.08. The first-order valence-electron chi connectivity index (χ1n) is 9.80. The summed E-state index contributed by atoms with van der Waals surface area (Å²) in [5, 5.41) is 3.78. The molecule has 1 aromatic heterocycles. The number of aromatic amines is 1. The molecule has 2 aliphatic rings. The second-order valence-corrected chi connectivity index (χ2v) is 7.67. The Morgan fingerprint density at radius 3 is 2.74 bits per heavy atom. The molecule has 6 heteroatoms. The highest BCUT2D eigenvalue weighted by atomic mass is 16.2. The number of aromatic nitrogens is 1. The summed E-state index contributed by atoms with van der Waals surface area (Å²) < 4.78 is 0. The highest BCUT2D eigenvalue weighted by Crippen LogP contribution is 2.28. The van der Waals surface area contributed by atoms with Crippen LogP contribution in [0.5, 0.6) is 0 Å². The van der Waals surface area contributed by atoms with Gasteiger partial charge in [0.2, 0.25) is 11.8 Å². The molecule has 6 nitrogen and oxygen atoms in total. The third-order valence-corrected chi connectivity index (χ3v) is 5.83. The van der Waals surface area contributed by atoms with Crippen molar-refractivity contribution in [2.75, 3.05) is 6.54 Å². The second kappa shape index (κ2) is 7.55. The van der Waals surface area contributed by atoms with E-state index < -0.39 is 0 Å². The summed E-state index contributed by atoms with van der Waals surface area (Å²) in [4.78, 5) is 41.9. The highest BCUT2D eigenvalue weighted by molar-refractivity contribution is 5.89. The van der Waals surface area contributed by atoms with E-state index in [1.54, 1.807) is 0 Å². The van der Waals surface area contributed by atoms with E-state index in [9.17, 15) is 14.4 Å². The Morgan fingerprint density at radius 2 is 1.93 bits per heavy atom. The van der Waals surface area contributed by atoms with Gasteiger partial charge in [0.25, 0.3) is 5.56 Å². The molecule has 2 N–H and O–H groups in total. The number of carbonyl (C=O) groups excluding carboxylic acids is 2. The lowest BCUT2D eigenvalue weighted by atomic mass is 9.94. The number of likely N-dealkylation sites (tertiary alicyclic amines) is 1. The van der Waals surface area contributed by atoms with Gasteiger partial charge in [-0.25, -0.2) is 0 Å². The van der Waals surface area contributed by atoms with E-state index in [4.69, 9.17) is 0 Å². The predicted molar refractivity (Wildman–Crippen MR) is 103 cm³/mol. The summed E-state index contributed by atoms with van der Waals surface area (Å²) in [6.07, 6.45) is 5.93. The van der Waals surface area contributed by atoms with Gasteiger partial charge in [0.05, 0.1) is 5.92 Å². The third-order valence-electron chi connectivity index (χ3n) is 5.83. The Morgan fingerprint density at radius 1 is 1.15 bits per heavy atom. The quantitative estimate of drug-likeness (QED) is 0.870. The van der Waals surface area contributed by atoms with Gasteiger partial charge in [0.1, 0.15) is 0 Å². The van der Waals surface area contributed by atoms with Gasteiger partial charge in [-0.3, -0.25) is 14.4 Å². The van der Waals surface area contributed by atoms with Gasteiger partial charge in [0.15, 0.2) is 0 Å². The van der Waals surface area contributed by atoms with Crippen LogP contribution in [0.15, 0.2) is 35.1 Å². The summed E-state index contributed by atoms with van der Waals surface area (Å²) in [5.41, 5.74) is 1.11. The number of fused-ring (bicyclic) bond motifs is 1. The molecular formula is C21H25N3O3. The number of pyridine rings is 1. The van der Waals surface area contributed by atoms with Crippen LogP contribution < -0.4 is 10.9 Å². The number of nitrogens with one attached hydrogen (secondary N) is 2. The van der Waals surface area contributed by atoms with Crippen LogP contribution >= 0.6 is 0 Å². The predicted octanol–water partition coefficient (Wildman–Crippen LogP) is 2.33. The molecular weight excluding hydrogens is 342 g/mol. The van der Waals surface area contributed by atoms with Gasteiger partial charge in [-0.1, -0.05) is 37.5 Å². The molecule has 0 spiro atoms. The molecule has 2 fully saturated rings. The highest BCUT2D eigenvalue weighted by Gasteiger charge is 2.38. The van der Waals surface area contributed by atoms with E-state index >= 15 is 0 Å². The van der Waals surface area contributed by atoms with Gasteiger partial charge in [-0.15, -0.1) is 0 Å². The molecule has 27 heavy (non-hydrogen) atoms. The first-order valence-corrected chi connectivity index (χ1v) is 9.80. The number of rotatable bonds is 4. The average molecular weight is 367 g/mol. The van der Waals surface area contributed by atoms with Crippen LogP contribution in [-0.4, -0.2) is 34.3 Å². The lowest BCUT2D eigenvalue weighted by molar-refractivity contribution is -0.130. The van der Waals surface area contributed by atoms with Crippen LogP contribution in [0.25, 0.3) is 10.9 Å². The van der Waals surface area contributed by atoms with Gasteiger partial charge < -0.3 is 15.2 Å². The number of H-pyrrole nitrogens is 1. The largest absolute Gasteiger partial charge is 0.352 e. The number of carbonyl (C=O) groups is 2. The topological polar surface area (TPSA) is 82.3 Å². The summed E-state index contributed by atoms with van der Waals surface area (Å²) in [6.45, 7) is 0.677. The maximum atomic E-state index is 12.6. The minimum Gasteiger partial charge on any atom is -0.352 e. The van der Waals surface area contributed by atoms with E-state index in [2.05, 4.69) is 10.3 Å². The maximum Gasteiger partial charge on any atom is 0.253 e. The van der Waals surface area contributed by atoms with Crippen molar-refractivity contribution in [2.24, 2.45) is 5.92 Å². The summed E-state index contributed by atoms with van der Waals surface area (Å²) >= 11 is 0. The Bertz CT molecular complexity index is 914. The molecule has 2 amide bonds. The summed E-state index contributed by atoms with van der Waals surface area (Å²) in [7, 11) is 0. The summed E-state index contributed by atoms with van der Waals surface area (Å²) in [5.74, 6) is -0.376. The third kappa shape index (κ3) is 3.75. The fourth-order valence-corrected chi connectivity index (χ4v) is 4.30. The van der Waals surface area contributed by atoms with Crippen molar-refractivity contribution < 1.29 is 9.59 Å². The molecule has 0 radical (unpaired) electrons. The van der Waals surface area contributed by atoms with Crippen LogP contribution in [0, 0.1) is 5.92 Å². The number of nitrogens with zero attached hydrogens (tertiary/aromatic N) is 1. The molecule has 4 rings (SSSR count). The zero-order valence-electron chi connectivity index (χ0n) is 15.4. The Hall–Kier alpha value is -2.63. The number of amides is 2. The minimum absolute atomic E-state index is 0.0885. The van der Waals surface area contributed by atoms with E-state index in [0.29, 0.717) is 18.2 Å². The molecule has 1 saturated carbocycles. The number of hydrogen-bond donors (Lipinski definition) is 2. The van der Waals surface area contributed by atoms with Crippen molar-refractivity contribution in [3.63, 3.8) is 0 Å². The van der Waals surface area contributed by atoms with E-state index in [1.807, 2.05) is 35.2 Å². The van der Waals surface area contributed by atoms with Crippen LogP contribution in [0.4, 0.5) is 0 Å². The maximum absolute atomic E-state index is 12.6. The van der Waals surface area contributed by atoms with Crippen LogP contribution in [0.2, 0.25) is 0 Å². The van der Waals surface area contributed by atoms with Crippen molar-refractivity contribution in [1.82, 2.24) is 15.2 Å². The van der Waals surface area contributed by atoms with Gasteiger partial charge in [-0.05, 0) is 30.4 Å². The fourth-order valence-electron chi connectivity index (χ4n) is 4.30. The van der Waals surface area contributed by atoms with E-state index in [0.717, 1.165) is 36.6 Å². The molecule has 2 aromatic rings. The standard InChI is InChI=1S/C21H25N3O3/c25-19-11-16(13-24(19)17-7-2-1-3-8-17)20(26)22-12-15-10-14-6-4-5-9-18(14)23-21(15)27/h4-6,9-10,16-17H,1-3,7-8,11-13H2,(H,22,26)(H,23,27). The molecule has 1 atom stereocenters. The molecule has 1 saturated heterocycles. The van der Waals surface area contributed by atoms with Crippen molar-refractivity contribution in [3.8, 4) is 0 Å².